The minimum Gasteiger partial charge on any atom is -0.450 e. The summed E-state index contributed by atoms with van der Waals surface area (Å²) in [6.07, 6.45) is 13.5. The predicted octanol–water partition coefficient (Wildman–Crippen LogP) is 17.7. The average Bonchev–Trinajstić information content (AvgIpc) is 3.29. The maximum Gasteiger partial charge on any atom is 0.407 e. The van der Waals surface area contributed by atoms with Gasteiger partial charge in [-0.1, -0.05) is 155 Å². The predicted molar refractivity (Wildman–Crippen MR) is 328 cm³/mol. The summed E-state index contributed by atoms with van der Waals surface area (Å²) in [5.74, 6) is 0. The quantitative estimate of drug-likeness (QED) is 0.0451. The SMILES string of the molecule is C.C.C.C.C.C.C.C.C.C.CCCCC.CCCCCOCOCC.CCCOC(=O)NCC.CCCOCC.CCCOCCCCOCC.CCCOCCOCOCC.CCNC(=O)OCCOCC. The fraction of sp³-hybridized carbons (Fsp3) is 0.966. The standard InChI is InChI=1S/C9H20O2.C8H18O3.C8H18O2.C7H15NO3.C6H13NO2.C5H12O.C5H12.10CH4/c1-3-7-11-9-6-5-8-10-4-2;1-3-5-10-6-7-11-8-9-4-2;1-3-5-6-7-10-8-9-4-2;1-3-8-7(9)11-6-5-10-4-2;1-3-5-9-6(8)7-4-2;1-3-5-6-4-2;1-3-5-4-2;;;;;;;;;;/h3-9H2,1-2H3;3-8H2,1-2H3;3-8H2,1-2H3;3-6H2,1-2H3,(H,8,9);3-5H2,1-2H3,(H,7,8);3-5H2,1-2H3;3-5H2,1-2H3;10*1H4. The molecule has 0 radical (unpaired) electrons. The molecule has 0 aliphatic heterocycles. The molecule has 0 aliphatic carbocycles. The van der Waals surface area contributed by atoms with Gasteiger partial charge in [-0.3, -0.25) is 0 Å². The highest BCUT2D eigenvalue weighted by Crippen LogP contribution is 1.94. The number of carbonyl (C=O) groups excluding carboxylic acids is 2. The van der Waals surface area contributed by atoms with E-state index in [4.69, 9.17) is 47.4 Å². The summed E-state index contributed by atoms with van der Waals surface area (Å²) >= 11 is 0. The molecule has 0 aromatic rings. The zero-order valence-corrected chi connectivity index (χ0v) is 43.9. The highest BCUT2D eigenvalue weighted by molar-refractivity contribution is 5.67. The van der Waals surface area contributed by atoms with E-state index in [2.05, 4.69) is 56.9 Å². The molecule has 15 heteroatoms. The van der Waals surface area contributed by atoms with Crippen molar-refractivity contribution >= 4 is 12.2 Å². The molecule has 0 aromatic heterocycles. The van der Waals surface area contributed by atoms with Crippen LogP contribution in [0.4, 0.5) is 9.59 Å². The lowest BCUT2D eigenvalue weighted by Crippen LogP contribution is -2.25. The zero-order valence-electron chi connectivity index (χ0n) is 43.9. The Kier molecular flexibility index (Phi) is 227. The van der Waals surface area contributed by atoms with Crippen LogP contribution in [0.1, 0.15) is 248 Å². The molecule has 468 valence electrons. The Morgan fingerprint density at radius 1 is 0.260 bits per heavy atom. The molecule has 0 fully saturated rings. The summed E-state index contributed by atoms with van der Waals surface area (Å²) < 4.78 is 55.2. The number of rotatable bonds is 36. The number of amides is 2. The van der Waals surface area contributed by atoms with Gasteiger partial charge < -0.3 is 62.7 Å². The van der Waals surface area contributed by atoms with E-state index in [0.717, 1.165) is 104 Å². The van der Waals surface area contributed by atoms with Gasteiger partial charge in [0.25, 0.3) is 0 Å². The molecule has 0 aliphatic rings. The zero-order chi connectivity index (χ0) is 49.0. The van der Waals surface area contributed by atoms with Crippen LogP contribution in [-0.2, 0) is 52.1 Å². The van der Waals surface area contributed by atoms with Gasteiger partial charge in [0.15, 0.2) is 0 Å². The van der Waals surface area contributed by atoms with Crippen molar-refractivity contribution in [3.05, 3.63) is 0 Å². The number of nitrogens with one attached hydrogen (secondary N) is 2. The van der Waals surface area contributed by atoms with E-state index in [1.807, 2.05) is 55.4 Å². The number of alkyl carbamates (subject to hydrolysis) is 2. The van der Waals surface area contributed by atoms with E-state index in [0.29, 0.717) is 72.9 Å². The smallest absolute Gasteiger partial charge is 0.407 e. The van der Waals surface area contributed by atoms with E-state index in [-0.39, 0.29) is 86.5 Å². The first kappa shape index (κ1) is 119. The number of hydrogen-bond donors (Lipinski definition) is 2. The first-order valence-corrected chi connectivity index (χ1v) is 24.7. The Bertz CT molecular complexity index is 671. The van der Waals surface area contributed by atoms with Gasteiger partial charge in [-0.15, -0.1) is 0 Å². The molecule has 0 atom stereocenters. The van der Waals surface area contributed by atoms with Gasteiger partial charge in [0.1, 0.15) is 20.2 Å². The lowest BCUT2D eigenvalue weighted by Gasteiger charge is -2.04. The molecule has 2 amide bonds. The van der Waals surface area contributed by atoms with Crippen LogP contribution < -0.4 is 10.6 Å². The number of carbonyl (C=O) groups is 2. The van der Waals surface area contributed by atoms with Gasteiger partial charge in [0.05, 0.1) is 26.4 Å². The van der Waals surface area contributed by atoms with Gasteiger partial charge in [-0.05, 0) is 93.4 Å². The Hall–Kier alpha value is -1.82. The molecule has 15 nitrogen and oxygen atoms in total. The summed E-state index contributed by atoms with van der Waals surface area (Å²) in [6, 6.07) is 0. The summed E-state index contributed by atoms with van der Waals surface area (Å²) in [5.41, 5.74) is 0. The topological polar surface area (TPSA) is 160 Å². The molecule has 0 bridgehead atoms. The van der Waals surface area contributed by atoms with Crippen LogP contribution in [0.15, 0.2) is 0 Å². The molecular weight excluding hydrogens is 933 g/mol. The van der Waals surface area contributed by atoms with Crippen LogP contribution in [0, 0.1) is 0 Å². The Labute approximate surface area is 463 Å². The van der Waals surface area contributed by atoms with Crippen molar-refractivity contribution < 1.29 is 61.7 Å². The first-order valence-electron chi connectivity index (χ1n) is 24.7. The lowest BCUT2D eigenvalue weighted by molar-refractivity contribution is -0.0656. The maximum atomic E-state index is 10.6. The van der Waals surface area contributed by atoms with Gasteiger partial charge in [0.2, 0.25) is 0 Å². The van der Waals surface area contributed by atoms with Crippen LogP contribution in [0.2, 0.25) is 0 Å². The van der Waals surface area contributed by atoms with Crippen molar-refractivity contribution in [3.63, 3.8) is 0 Å². The molecule has 0 saturated carbocycles. The highest BCUT2D eigenvalue weighted by atomic mass is 16.7. The molecule has 0 spiro atoms. The largest absolute Gasteiger partial charge is 0.450 e. The minimum atomic E-state index is -0.382. The Morgan fingerprint density at radius 2 is 0.534 bits per heavy atom. The van der Waals surface area contributed by atoms with Crippen LogP contribution in [-0.4, -0.2) is 145 Å². The third-order valence-electron chi connectivity index (χ3n) is 6.74. The summed E-state index contributed by atoms with van der Waals surface area (Å²) in [4.78, 5) is 21.1. The van der Waals surface area contributed by atoms with Gasteiger partial charge in [0, 0.05) is 85.8 Å². The van der Waals surface area contributed by atoms with Crippen LogP contribution in [0.5, 0.6) is 0 Å². The fourth-order valence-corrected chi connectivity index (χ4v) is 3.59. The molecule has 0 aromatic carbocycles. The van der Waals surface area contributed by atoms with Crippen molar-refractivity contribution in [2.45, 2.75) is 248 Å². The second-order valence-electron chi connectivity index (χ2n) is 13.0. The Morgan fingerprint density at radius 3 is 0.877 bits per heavy atom. The monoisotopic (exact) mass is 1080 g/mol. The molecule has 73 heavy (non-hydrogen) atoms. The summed E-state index contributed by atoms with van der Waals surface area (Å²) in [6.45, 7) is 42.1. The molecular formula is C58H148N2O13. The van der Waals surface area contributed by atoms with E-state index in [1.54, 1.807) is 0 Å². The van der Waals surface area contributed by atoms with E-state index in [1.165, 1.54) is 32.1 Å². The van der Waals surface area contributed by atoms with E-state index >= 15 is 0 Å². The van der Waals surface area contributed by atoms with Gasteiger partial charge in [-0.25, -0.2) is 9.59 Å². The lowest BCUT2D eigenvalue weighted by atomic mass is 10.3. The van der Waals surface area contributed by atoms with Crippen molar-refractivity contribution in [3.8, 4) is 0 Å². The highest BCUT2D eigenvalue weighted by Gasteiger charge is 1.97. The van der Waals surface area contributed by atoms with Crippen molar-refractivity contribution in [2.24, 2.45) is 0 Å². The van der Waals surface area contributed by atoms with Gasteiger partial charge in [-0.2, -0.15) is 0 Å². The second-order valence-corrected chi connectivity index (χ2v) is 13.0. The van der Waals surface area contributed by atoms with E-state index in [9.17, 15) is 9.59 Å². The normalized spacial score (nSPS) is 8.30. The van der Waals surface area contributed by atoms with Crippen molar-refractivity contribution in [1.82, 2.24) is 10.6 Å². The number of ether oxygens (including phenoxy) is 11. The number of hydrogen-bond acceptors (Lipinski definition) is 13. The van der Waals surface area contributed by atoms with Crippen LogP contribution in [0.3, 0.4) is 0 Å². The molecule has 0 unspecified atom stereocenters. The minimum absolute atomic E-state index is 0. The summed E-state index contributed by atoms with van der Waals surface area (Å²) in [5, 5.41) is 5.02. The average molecular weight is 1080 g/mol. The maximum absolute atomic E-state index is 10.6. The number of unbranched alkanes of at least 4 members (excludes halogenated alkanes) is 5. The molecule has 2 N–H and O–H groups in total. The third-order valence-corrected chi connectivity index (χ3v) is 6.74. The molecule has 0 saturated heterocycles. The van der Waals surface area contributed by atoms with Gasteiger partial charge >= 0.3 is 12.2 Å². The third kappa shape index (κ3) is 183. The molecule has 0 heterocycles. The Balaban J connectivity index is -0.0000000330. The molecule has 0 rings (SSSR count). The fourth-order valence-electron chi connectivity index (χ4n) is 3.59. The summed E-state index contributed by atoms with van der Waals surface area (Å²) in [7, 11) is 0. The van der Waals surface area contributed by atoms with Crippen molar-refractivity contribution in [1.29, 1.82) is 0 Å². The second kappa shape index (κ2) is 139. The van der Waals surface area contributed by atoms with E-state index < -0.39 is 0 Å². The van der Waals surface area contributed by atoms with Crippen molar-refractivity contribution in [2.75, 3.05) is 132 Å². The van der Waals surface area contributed by atoms with Crippen LogP contribution in [0.25, 0.3) is 0 Å². The van der Waals surface area contributed by atoms with Crippen LogP contribution >= 0.6 is 0 Å². The first-order chi connectivity index (χ1) is 30.7.